The molecule has 0 saturated heterocycles. The van der Waals surface area contributed by atoms with Gasteiger partial charge >= 0.3 is 12.0 Å². The van der Waals surface area contributed by atoms with E-state index in [1.807, 2.05) is 0 Å². The van der Waals surface area contributed by atoms with E-state index >= 15 is 0 Å². The van der Waals surface area contributed by atoms with Crippen LogP contribution in [0.15, 0.2) is 28.6 Å². The number of amides is 2. The number of aliphatic carboxylic acids is 1. The molecule has 0 atom stereocenters. The van der Waals surface area contributed by atoms with E-state index < -0.39 is 11.8 Å². The molecule has 2 amide bonds. The van der Waals surface area contributed by atoms with Crippen LogP contribution in [-0.4, -0.2) is 51.9 Å². The highest BCUT2D eigenvalue weighted by molar-refractivity contribution is 8.01. The number of rotatable bonds is 10. The quantitative estimate of drug-likeness (QED) is 0.309. The molecule has 2 aromatic rings. The van der Waals surface area contributed by atoms with E-state index in [9.17, 15) is 14.0 Å². The predicted molar refractivity (Wildman–Crippen MR) is 129 cm³/mol. The zero-order chi connectivity index (χ0) is 23.8. The smallest absolute Gasteiger partial charge is 0.323 e. The van der Waals surface area contributed by atoms with Gasteiger partial charge in [0.15, 0.2) is 5.13 Å². The van der Waals surface area contributed by atoms with Gasteiger partial charge in [0, 0.05) is 17.6 Å². The number of nitrogens with one attached hydrogen (secondary N) is 1. The maximum Gasteiger partial charge on any atom is 0.323 e. The number of carboxylic acid groups (broad SMARTS) is 1. The molecular weight excluding hydrogens is 489 g/mol. The lowest BCUT2D eigenvalue weighted by Crippen LogP contribution is -2.46. The fourth-order valence-corrected chi connectivity index (χ4v) is 5.47. The molecule has 1 aromatic heterocycles. The predicted octanol–water partition coefficient (Wildman–Crippen LogP) is 5.74. The van der Waals surface area contributed by atoms with E-state index in [2.05, 4.69) is 17.2 Å². The number of benzene rings is 1. The fourth-order valence-electron chi connectivity index (χ4n) is 3.67. The molecule has 0 radical (unpaired) electrons. The van der Waals surface area contributed by atoms with Crippen LogP contribution < -0.4 is 5.32 Å². The Bertz CT molecular complexity index is 953. The number of ether oxygens (including phenoxy) is 1. The average Bonchev–Trinajstić information content (AvgIpc) is 3.21. The summed E-state index contributed by atoms with van der Waals surface area (Å²) in [7, 11) is 0. The van der Waals surface area contributed by atoms with E-state index in [1.54, 1.807) is 17.2 Å². The summed E-state index contributed by atoms with van der Waals surface area (Å²) in [5.41, 5.74) is 0.690. The first-order valence-electron chi connectivity index (χ1n) is 10.7. The van der Waals surface area contributed by atoms with Crippen molar-refractivity contribution in [3.8, 4) is 0 Å². The van der Waals surface area contributed by atoms with Crippen molar-refractivity contribution in [3.63, 3.8) is 0 Å². The van der Waals surface area contributed by atoms with Gasteiger partial charge in [0.1, 0.15) is 5.82 Å². The van der Waals surface area contributed by atoms with Crippen LogP contribution in [0.3, 0.4) is 0 Å². The summed E-state index contributed by atoms with van der Waals surface area (Å²) in [5, 5.41) is 12.4. The van der Waals surface area contributed by atoms with Gasteiger partial charge in [-0.15, -0.1) is 11.8 Å². The Morgan fingerprint density at radius 1 is 1.36 bits per heavy atom. The standard InChI is InChI=1S/C22H27ClFN3O4S2/c1-14-2-6-17(7-3-14)27(8-9-31-12-15-4-5-16(24)10-18(15)23)22(30)26-21-25-11-20(33-21)32-13-19(28)29/h4-5,10-11,14,17H,2-3,6-9,12-13H2,1H3,(H,28,29)(H,25,26,30). The molecule has 2 N–H and O–H groups in total. The van der Waals surface area contributed by atoms with Crippen molar-refractivity contribution in [3.05, 3.63) is 40.8 Å². The molecule has 3 rings (SSSR count). The minimum Gasteiger partial charge on any atom is -0.481 e. The highest BCUT2D eigenvalue weighted by atomic mass is 35.5. The Labute approximate surface area is 205 Å². The molecule has 1 heterocycles. The molecule has 1 aliphatic carbocycles. The van der Waals surface area contributed by atoms with Crippen LogP contribution in [0.4, 0.5) is 14.3 Å². The van der Waals surface area contributed by atoms with Gasteiger partial charge < -0.3 is 14.7 Å². The number of urea groups is 1. The summed E-state index contributed by atoms with van der Waals surface area (Å²) in [6.07, 6.45) is 5.55. The van der Waals surface area contributed by atoms with Crippen LogP contribution in [0, 0.1) is 11.7 Å². The number of carbonyl (C=O) groups excluding carboxylic acids is 1. The summed E-state index contributed by atoms with van der Waals surface area (Å²) in [6, 6.07) is 4.04. The van der Waals surface area contributed by atoms with Crippen molar-refractivity contribution in [1.82, 2.24) is 9.88 Å². The summed E-state index contributed by atoms with van der Waals surface area (Å²) >= 11 is 8.47. The van der Waals surface area contributed by atoms with Crippen LogP contribution in [0.25, 0.3) is 0 Å². The number of carbonyl (C=O) groups is 2. The second-order valence-electron chi connectivity index (χ2n) is 7.99. The zero-order valence-corrected chi connectivity index (χ0v) is 20.6. The molecular formula is C22H27ClFN3O4S2. The van der Waals surface area contributed by atoms with Gasteiger partial charge in [-0.3, -0.25) is 10.1 Å². The van der Waals surface area contributed by atoms with Gasteiger partial charge in [-0.25, -0.2) is 14.2 Å². The van der Waals surface area contributed by atoms with Gasteiger partial charge in [0.2, 0.25) is 0 Å². The Morgan fingerprint density at radius 2 is 2.12 bits per heavy atom. The molecule has 0 spiro atoms. The summed E-state index contributed by atoms with van der Waals surface area (Å²) in [6.45, 7) is 3.16. The number of hydrogen-bond donors (Lipinski definition) is 2. The minimum absolute atomic E-state index is 0.0582. The first-order valence-corrected chi connectivity index (χ1v) is 12.9. The molecule has 33 heavy (non-hydrogen) atoms. The van der Waals surface area contributed by atoms with E-state index in [4.69, 9.17) is 21.4 Å². The molecule has 1 aliphatic rings. The molecule has 0 aliphatic heterocycles. The summed E-state index contributed by atoms with van der Waals surface area (Å²) < 4.78 is 19.7. The second kappa shape index (κ2) is 12.5. The third-order valence-electron chi connectivity index (χ3n) is 5.47. The normalized spacial score (nSPS) is 18.2. The lowest BCUT2D eigenvalue weighted by molar-refractivity contribution is -0.133. The van der Waals surface area contributed by atoms with Crippen molar-refractivity contribution >= 4 is 51.8 Å². The highest BCUT2D eigenvalue weighted by Crippen LogP contribution is 2.30. The first-order chi connectivity index (χ1) is 15.8. The monoisotopic (exact) mass is 515 g/mol. The topological polar surface area (TPSA) is 91.8 Å². The van der Waals surface area contributed by atoms with Crippen molar-refractivity contribution in [1.29, 1.82) is 0 Å². The molecule has 0 unspecified atom stereocenters. The van der Waals surface area contributed by atoms with Gasteiger partial charge in [0.25, 0.3) is 0 Å². The third kappa shape index (κ3) is 8.13. The number of aromatic nitrogens is 1. The fraction of sp³-hybridized carbons (Fsp3) is 0.500. The SMILES string of the molecule is CC1CCC(N(CCOCc2ccc(F)cc2Cl)C(=O)Nc2ncc(SCC(=O)O)s2)CC1. The number of carboxylic acids is 1. The lowest BCUT2D eigenvalue weighted by atomic mass is 9.86. The summed E-state index contributed by atoms with van der Waals surface area (Å²) in [5.74, 6) is -0.712. The number of thioether (sulfide) groups is 1. The van der Waals surface area contributed by atoms with Crippen molar-refractivity contribution in [2.45, 2.75) is 49.5 Å². The Kier molecular flexibility index (Phi) is 9.78. The van der Waals surface area contributed by atoms with E-state index in [-0.39, 0.29) is 24.4 Å². The van der Waals surface area contributed by atoms with Crippen LogP contribution in [0.5, 0.6) is 0 Å². The number of halogens is 2. The van der Waals surface area contributed by atoms with Gasteiger partial charge in [-0.2, -0.15) is 0 Å². The maximum absolute atomic E-state index is 13.2. The number of hydrogen-bond acceptors (Lipinski definition) is 6. The van der Waals surface area contributed by atoms with Crippen LogP contribution in [0.1, 0.15) is 38.2 Å². The third-order valence-corrected chi connectivity index (χ3v) is 7.92. The van der Waals surface area contributed by atoms with Crippen molar-refractivity contribution in [2.75, 3.05) is 24.2 Å². The number of nitrogens with zero attached hydrogens (tertiary/aromatic N) is 2. The van der Waals surface area contributed by atoms with Gasteiger partial charge in [-0.1, -0.05) is 35.9 Å². The van der Waals surface area contributed by atoms with Crippen LogP contribution >= 0.6 is 34.7 Å². The molecule has 1 aromatic carbocycles. The first kappa shape index (κ1) is 25.7. The minimum atomic E-state index is -0.904. The van der Waals surface area contributed by atoms with E-state index in [1.165, 1.54) is 35.2 Å². The maximum atomic E-state index is 13.2. The molecule has 1 saturated carbocycles. The lowest BCUT2D eigenvalue weighted by Gasteiger charge is -2.36. The summed E-state index contributed by atoms with van der Waals surface area (Å²) in [4.78, 5) is 29.8. The number of anilines is 1. The largest absolute Gasteiger partial charge is 0.481 e. The number of thiazole rings is 1. The van der Waals surface area contributed by atoms with Gasteiger partial charge in [0.05, 0.1) is 29.4 Å². The van der Waals surface area contributed by atoms with E-state index in [0.717, 1.165) is 29.9 Å². The molecule has 1 fully saturated rings. The molecule has 180 valence electrons. The van der Waals surface area contributed by atoms with Crippen molar-refractivity contribution in [2.24, 2.45) is 5.92 Å². The Hall–Kier alpha value is -1.88. The average molecular weight is 516 g/mol. The zero-order valence-electron chi connectivity index (χ0n) is 18.3. The Balaban J connectivity index is 1.57. The van der Waals surface area contributed by atoms with Crippen molar-refractivity contribution < 1.29 is 23.8 Å². The second-order valence-corrected chi connectivity index (χ2v) is 10.7. The van der Waals surface area contributed by atoms with Gasteiger partial charge in [-0.05, 0) is 49.3 Å². The van der Waals surface area contributed by atoms with E-state index in [0.29, 0.717) is 34.8 Å². The van der Waals surface area contributed by atoms with Crippen LogP contribution in [0.2, 0.25) is 5.02 Å². The molecule has 0 bridgehead atoms. The molecule has 11 heteroatoms. The van der Waals surface area contributed by atoms with Crippen LogP contribution in [-0.2, 0) is 16.1 Å². The molecule has 7 nitrogen and oxygen atoms in total. The highest BCUT2D eigenvalue weighted by Gasteiger charge is 2.28. The Morgan fingerprint density at radius 3 is 2.82 bits per heavy atom.